The molecule has 0 aliphatic heterocycles. The predicted octanol–water partition coefficient (Wildman–Crippen LogP) is 2.26. The number of unbranched alkanes of at least 4 members (excludes halogenated alkanes) is 4. The number of hydrogen-bond donors (Lipinski definition) is 0. The van der Waals surface area contributed by atoms with Gasteiger partial charge in [-0.25, -0.2) is 0 Å². The van der Waals surface area contributed by atoms with Crippen molar-refractivity contribution in [1.29, 1.82) is 0 Å². The van der Waals surface area contributed by atoms with E-state index >= 15 is 0 Å². The molecule has 0 N–H and O–H groups in total. The van der Waals surface area contributed by atoms with E-state index in [1.807, 2.05) is 6.08 Å². The summed E-state index contributed by atoms with van der Waals surface area (Å²) in [5, 5.41) is 0. The molecule has 0 spiro atoms. The SMILES string of the molecule is CC(=O)OCCCCCC/C=C/C=O. The van der Waals surface area contributed by atoms with Gasteiger partial charge in [0.25, 0.3) is 0 Å². The van der Waals surface area contributed by atoms with Gasteiger partial charge in [-0.15, -0.1) is 0 Å². The normalized spacial score (nSPS) is 10.4. The molecule has 0 saturated heterocycles. The maximum atomic E-state index is 10.4. The van der Waals surface area contributed by atoms with Crippen LogP contribution in [0.25, 0.3) is 0 Å². The molecular formula is C11H18O3. The molecule has 0 aromatic carbocycles. The Morgan fingerprint density at radius 2 is 1.93 bits per heavy atom. The van der Waals surface area contributed by atoms with E-state index in [0.717, 1.165) is 38.4 Å². The molecule has 14 heavy (non-hydrogen) atoms. The lowest BCUT2D eigenvalue weighted by molar-refractivity contribution is -0.141. The first-order valence-electron chi connectivity index (χ1n) is 5.01. The lowest BCUT2D eigenvalue weighted by atomic mass is 10.1. The average Bonchev–Trinajstić information content (AvgIpc) is 2.15. The number of hydrogen-bond acceptors (Lipinski definition) is 3. The van der Waals surface area contributed by atoms with Crippen molar-refractivity contribution < 1.29 is 14.3 Å². The van der Waals surface area contributed by atoms with Crippen molar-refractivity contribution in [3.8, 4) is 0 Å². The molecule has 0 amide bonds. The standard InChI is InChI=1S/C11H18O3/c1-11(13)14-10-8-6-4-2-3-5-7-9-12/h5,7,9H,2-4,6,8,10H2,1H3/b7-5+. The monoisotopic (exact) mass is 198 g/mol. The Morgan fingerprint density at radius 3 is 2.57 bits per heavy atom. The van der Waals surface area contributed by atoms with Gasteiger partial charge < -0.3 is 4.74 Å². The molecule has 3 heteroatoms. The summed E-state index contributed by atoms with van der Waals surface area (Å²) in [5.74, 6) is -0.209. The summed E-state index contributed by atoms with van der Waals surface area (Å²) in [6.45, 7) is 1.95. The zero-order chi connectivity index (χ0) is 10.6. The second kappa shape index (κ2) is 9.96. The van der Waals surface area contributed by atoms with E-state index < -0.39 is 0 Å². The first kappa shape index (κ1) is 12.9. The van der Waals surface area contributed by atoms with Crippen molar-refractivity contribution in [2.45, 2.75) is 39.0 Å². The zero-order valence-electron chi connectivity index (χ0n) is 8.70. The molecule has 0 aliphatic carbocycles. The van der Waals surface area contributed by atoms with Gasteiger partial charge in [0.05, 0.1) is 6.61 Å². The first-order chi connectivity index (χ1) is 6.77. The summed E-state index contributed by atoms with van der Waals surface area (Å²) in [7, 11) is 0. The van der Waals surface area contributed by atoms with Crippen molar-refractivity contribution in [3.05, 3.63) is 12.2 Å². The van der Waals surface area contributed by atoms with Gasteiger partial charge in [0.1, 0.15) is 6.29 Å². The van der Waals surface area contributed by atoms with Crippen LogP contribution in [-0.2, 0) is 14.3 Å². The Hall–Kier alpha value is -1.12. The number of allylic oxidation sites excluding steroid dienone is 2. The minimum absolute atomic E-state index is 0.209. The Balaban J connectivity index is 3.02. The highest BCUT2D eigenvalue weighted by molar-refractivity contribution is 5.65. The topological polar surface area (TPSA) is 43.4 Å². The van der Waals surface area contributed by atoms with Gasteiger partial charge in [-0.2, -0.15) is 0 Å². The molecule has 0 unspecified atom stereocenters. The molecule has 0 aliphatic rings. The first-order valence-corrected chi connectivity index (χ1v) is 5.01. The van der Waals surface area contributed by atoms with E-state index in [2.05, 4.69) is 0 Å². The maximum Gasteiger partial charge on any atom is 0.302 e. The summed E-state index contributed by atoms with van der Waals surface area (Å²) in [5.41, 5.74) is 0. The third kappa shape index (κ3) is 10.9. The third-order valence-electron chi connectivity index (χ3n) is 1.79. The Bertz CT molecular complexity index is 185. The molecule has 80 valence electrons. The Labute approximate surface area is 85.1 Å². The smallest absolute Gasteiger partial charge is 0.302 e. The number of carbonyl (C=O) groups excluding carboxylic acids is 2. The molecule has 0 bridgehead atoms. The second-order valence-electron chi connectivity index (χ2n) is 3.11. The highest BCUT2D eigenvalue weighted by atomic mass is 16.5. The van der Waals surface area contributed by atoms with Crippen molar-refractivity contribution in [1.82, 2.24) is 0 Å². The van der Waals surface area contributed by atoms with Gasteiger partial charge in [-0.05, 0) is 25.3 Å². The summed E-state index contributed by atoms with van der Waals surface area (Å²) in [6, 6.07) is 0. The maximum absolute atomic E-state index is 10.4. The van der Waals surface area contributed by atoms with Crippen LogP contribution in [0.1, 0.15) is 39.0 Å². The summed E-state index contributed by atoms with van der Waals surface area (Å²) in [6.07, 6.45) is 9.35. The van der Waals surface area contributed by atoms with Gasteiger partial charge in [0.15, 0.2) is 0 Å². The van der Waals surface area contributed by atoms with E-state index in [-0.39, 0.29) is 5.97 Å². The van der Waals surface area contributed by atoms with Gasteiger partial charge >= 0.3 is 5.97 Å². The molecule has 3 nitrogen and oxygen atoms in total. The lowest BCUT2D eigenvalue weighted by Gasteiger charge is -2.00. The van der Waals surface area contributed by atoms with Crippen LogP contribution < -0.4 is 0 Å². The number of esters is 1. The quantitative estimate of drug-likeness (QED) is 0.260. The zero-order valence-corrected chi connectivity index (χ0v) is 8.70. The van der Waals surface area contributed by atoms with E-state index in [0.29, 0.717) is 6.61 Å². The molecule has 0 saturated carbocycles. The molecule has 0 radical (unpaired) electrons. The number of carbonyl (C=O) groups is 2. The fourth-order valence-corrected chi connectivity index (χ4v) is 1.09. The van der Waals surface area contributed by atoms with E-state index in [9.17, 15) is 9.59 Å². The van der Waals surface area contributed by atoms with Crippen LogP contribution >= 0.6 is 0 Å². The van der Waals surface area contributed by atoms with Gasteiger partial charge in [0, 0.05) is 6.92 Å². The van der Waals surface area contributed by atoms with Crippen molar-refractivity contribution in [2.24, 2.45) is 0 Å². The van der Waals surface area contributed by atoms with Gasteiger partial charge in [-0.1, -0.05) is 18.9 Å². The molecule has 0 rings (SSSR count). The number of ether oxygens (including phenoxy) is 1. The van der Waals surface area contributed by atoms with Crippen molar-refractivity contribution in [3.63, 3.8) is 0 Å². The number of aldehydes is 1. The fourth-order valence-electron chi connectivity index (χ4n) is 1.09. The molecule has 0 aromatic heterocycles. The molecular weight excluding hydrogens is 180 g/mol. The van der Waals surface area contributed by atoms with Gasteiger partial charge in [0.2, 0.25) is 0 Å². The second-order valence-corrected chi connectivity index (χ2v) is 3.11. The van der Waals surface area contributed by atoms with Crippen LogP contribution in [0, 0.1) is 0 Å². The molecule has 0 fully saturated rings. The summed E-state index contributed by atoms with van der Waals surface area (Å²) < 4.78 is 4.79. The van der Waals surface area contributed by atoms with Gasteiger partial charge in [-0.3, -0.25) is 9.59 Å². The lowest BCUT2D eigenvalue weighted by Crippen LogP contribution is -1.99. The van der Waals surface area contributed by atoms with Crippen LogP contribution in [-0.4, -0.2) is 18.9 Å². The average molecular weight is 198 g/mol. The Kier molecular flexibility index (Phi) is 9.17. The van der Waals surface area contributed by atoms with Crippen LogP contribution in [0.15, 0.2) is 12.2 Å². The van der Waals surface area contributed by atoms with Crippen LogP contribution in [0.5, 0.6) is 0 Å². The molecule has 0 heterocycles. The summed E-state index contributed by atoms with van der Waals surface area (Å²) >= 11 is 0. The minimum atomic E-state index is -0.209. The highest BCUT2D eigenvalue weighted by Gasteiger charge is 1.92. The largest absolute Gasteiger partial charge is 0.466 e. The van der Waals surface area contributed by atoms with E-state index in [1.165, 1.54) is 13.0 Å². The minimum Gasteiger partial charge on any atom is -0.466 e. The van der Waals surface area contributed by atoms with Crippen LogP contribution in [0.4, 0.5) is 0 Å². The van der Waals surface area contributed by atoms with Crippen molar-refractivity contribution in [2.75, 3.05) is 6.61 Å². The highest BCUT2D eigenvalue weighted by Crippen LogP contribution is 2.03. The fraction of sp³-hybridized carbons (Fsp3) is 0.636. The van der Waals surface area contributed by atoms with E-state index in [1.54, 1.807) is 0 Å². The summed E-state index contributed by atoms with van der Waals surface area (Å²) in [4.78, 5) is 20.3. The number of rotatable bonds is 8. The van der Waals surface area contributed by atoms with Crippen LogP contribution in [0.2, 0.25) is 0 Å². The van der Waals surface area contributed by atoms with Crippen LogP contribution in [0.3, 0.4) is 0 Å². The third-order valence-corrected chi connectivity index (χ3v) is 1.79. The van der Waals surface area contributed by atoms with E-state index in [4.69, 9.17) is 4.74 Å². The predicted molar refractivity (Wildman–Crippen MR) is 54.9 cm³/mol. The Morgan fingerprint density at radius 1 is 1.21 bits per heavy atom. The van der Waals surface area contributed by atoms with Crippen molar-refractivity contribution >= 4 is 12.3 Å². The molecule has 0 atom stereocenters. The molecule has 0 aromatic rings.